The summed E-state index contributed by atoms with van der Waals surface area (Å²) >= 11 is 0. The Hall–Kier alpha value is -0.780. The van der Waals surface area contributed by atoms with Gasteiger partial charge in [0.1, 0.15) is 0 Å². The van der Waals surface area contributed by atoms with Crippen LogP contribution in [-0.2, 0) is 0 Å². The molecule has 6 atom stereocenters. The van der Waals surface area contributed by atoms with Gasteiger partial charge in [-0.05, 0) is 126 Å². The van der Waals surface area contributed by atoms with Gasteiger partial charge in [0.15, 0.2) is 0 Å². The fourth-order valence-electron chi connectivity index (χ4n) is 8.99. The molecule has 0 aromatic heterocycles. The first-order valence-corrected chi connectivity index (χ1v) is 12.6. The quantitative estimate of drug-likeness (QED) is 0.419. The van der Waals surface area contributed by atoms with Gasteiger partial charge in [0, 0.05) is 0 Å². The average Bonchev–Trinajstić information content (AvgIpc) is 3.00. The van der Waals surface area contributed by atoms with Gasteiger partial charge < -0.3 is 0 Å². The molecule has 0 unspecified atom stereocenters. The van der Waals surface area contributed by atoms with E-state index in [1.54, 1.807) is 11.1 Å². The average molecular weight is 395 g/mol. The maximum Gasteiger partial charge on any atom is -0.0141 e. The summed E-state index contributed by atoms with van der Waals surface area (Å²) in [5.41, 5.74) is 8.39. The van der Waals surface area contributed by atoms with E-state index in [-0.39, 0.29) is 0 Å². The summed E-state index contributed by atoms with van der Waals surface area (Å²) in [6.45, 7) is 17.5. The van der Waals surface area contributed by atoms with Crippen LogP contribution in [0.4, 0.5) is 0 Å². The Kier molecular flexibility index (Phi) is 5.49. The first kappa shape index (κ1) is 21.5. The van der Waals surface area contributed by atoms with Gasteiger partial charge in [0.05, 0.1) is 0 Å². The fourth-order valence-corrected chi connectivity index (χ4v) is 8.99. The maximum absolute atomic E-state index is 2.74. The lowest BCUT2D eigenvalue weighted by Crippen LogP contribution is -2.59. The van der Waals surface area contributed by atoms with Crippen LogP contribution in [0.5, 0.6) is 0 Å². The summed E-state index contributed by atoms with van der Waals surface area (Å²) in [5, 5.41) is 0. The highest BCUT2D eigenvalue weighted by Gasteiger charge is 2.65. The third-order valence-corrected chi connectivity index (χ3v) is 10.8. The molecule has 0 saturated heterocycles. The van der Waals surface area contributed by atoms with E-state index in [1.807, 2.05) is 5.57 Å². The third-order valence-electron chi connectivity index (χ3n) is 10.8. The second-order valence-electron chi connectivity index (χ2n) is 12.2. The van der Waals surface area contributed by atoms with Crippen molar-refractivity contribution in [1.82, 2.24) is 0 Å². The van der Waals surface area contributed by atoms with Crippen LogP contribution in [0.25, 0.3) is 0 Å². The SMILES string of the molecule is CC(C)=CCCC(C)=C1CC[C@@]2(C)[C@H]1CC[C@H]1[C@@]3(C)CCC=C(C)[C@@H]3CC[C@@]12C. The highest BCUT2D eigenvalue weighted by Crippen LogP contribution is 2.73. The van der Waals surface area contributed by atoms with E-state index in [0.717, 1.165) is 17.8 Å². The van der Waals surface area contributed by atoms with Crippen molar-refractivity contribution < 1.29 is 0 Å². The molecule has 0 aromatic rings. The van der Waals surface area contributed by atoms with Crippen LogP contribution in [-0.4, -0.2) is 0 Å². The van der Waals surface area contributed by atoms with Crippen molar-refractivity contribution in [2.24, 2.45) is 34.0 Å². The van der Waals surface area contributed by atoms with Crippen molar-refractivity contribution in [3.05, 3.63) is 34.4 Å². The Labute approximate surface area is 181 Å². The molecule has 0 amide bonds. The zero-order valence-corrected chi connectivity index (χ0v) is 20.5. The highest BCUT2D eigenvalue weighted by atomic mass is 14.7. The summed E-state index contributed by atoms with van der Waals surface area (Å²) in [7, 11) is 0. The van der Waals surface area contributed by atoms with Crippen LogP contribution in [0.2, 0.25) is 0 Å². The molecule has 0 heterocycles. The molecule has 0 aromatic carbocycles. The molecule has 3 saturated carbocycles. The van der Waals surface area contributed by atoms with E-state index in [0.29, 0.717) is 16.2 Å². The minimum absolute atomic E-state index is 0.520. The molecular formula is C29H46. The molecule has 0 spiro atoms. The van der Waals surface area contributed by atoms with E-state index in [9.17, 15) is 0 Å². The van der Waals surface area contributed by atoms with E-state index >= 15 is 0 Å². The first-order chi connectivity index (χ1) is 13.6. The number of allylic oxidation sites excluding steroid dienone is 6. The molecule has 0 heteroatoms. The standard InChI is InChI=1S/C29H46/c1-20(2)10-8-11-21(3)23-15-18-28(6)25(23)13-14-26-27(5)17-9-12-22(4)24(27)16-19-29(26,28)7/h10,12,24-26H,8-9,11,13-19H2,1-7H3/t24-,25-,26-,27-,28-,29-/m0/s1. The Morgan fingerprint density at radius 1 is 0.966 bits per heavy atom. The molecule has 162 valence electrons. The molecule has 0 radical (unpaired) electrons. The fraction of sp³-hybridized carbons (Fsp3) is 0.793. The van der Waals surface area contributed by atoms with E-state index in [1.165, 1.54) is 69.8 Å². The molecule has 0 N–H and O–H groups in total. The van der Waals surface area contributed by atoms with Crippen LogP contribution < -0.4 is 0 Å². The molecule has 3 fully saturated rings. The van der Waals surface area contributed by atoms with Crippen molar-refractivity contribution in [3.8, 4) is 0 Å². The van der Waals surface area contributed by atoms with Gasteiger partial charge in [-0.3, -0.25) is 0 Å². The Bertz CT molecular complexity index is 744. The second kappa shape index (κ2) is 7.42. The summed E-state index contributed by atoms with van der Waals surface area (Å²) in [4.78, 5) is 0. The van der Waals surface area contributed by atoms with Crippen molar-refractivity contribution in [2.45, 2.75) is 113 Å². The monoisotopic (exact) mass is 394 g/mol. The normalized spacial score (nSPS) is 45.6. The van der Waals surface area contributed by atoms with Crippen molar-refractivity contribution in [1.29, 1.82) is 0 Å². The lowest BCUT2D eigenvalue weighted by Gasteiger charge is -2.66. The Morgan fingerprint density at radius 3 is 2.45 bits per heavy atom. The minimum Gasteiger partial charge on any atom is -0.0856 e. The summed E-state index contributed by atoms with van der Waals surface area (Å²) in [6.07, 6.45) is 18.9. The van der Waals surface area contributed by atoms with Crippen molar-refractivity contribution in [2.75, 3.05) is 0 Å². The second-order valence-corrected chi connectivity index (χ2v) is 12.2. The van der Waals surface area contributed by atoms with Crippen LogP contribution in [0.15, 0.2) is 34.4 Å². The summed E-state index contributed by atoms with van der Waals surface area (Å²) < 4.78 is 0. The van der Waals surface area contributed by atoms with Gasteiger partial charge in [-0.25, -0.2) is 0 Å². The number of hydrogen-bond donors (Lipinski definition) is 0. The minimum atomic E-state index is 0.520. The first-order valence-electron chi connectivity index (χ1n) is 12.6. The highest BCUT2D eigenvalue weighted by molar-refractivity contribution is 5.30. The topological polar surface area (TPSA) is 0 Å². The van der Waals surface area contributed by atoms with E-state index in [4.69, 9.17) is 0 Å². The van der Waals surface area contributed by atoms with Gasteiger partial charge in [-0.2, -0.15) is 0 Å². The molecule has 29 heavy (non-hydrogen) atoms. The van der Waals surface area contributed by atoms with Crippen molar-refractivity contribution >= 4 is 0 Å². The summed E-state index contributed by atoms with van der Waals surface area (Å²) in [6, 6.07) is 0. The molecule has 4 aliphatic carbocycles. The molecule has 4 aliphatic rings. The number of rotatable bonds is 3. The Balaban J connectivity index is 1.63. The zero-order chi connectivity index (χ0) is 21.0. The maximum atomic E-state index is 2.74. The van der Waals surface area contributed by atoms with Crippen LogP contribution >= 0.6 is 0 Å². The number of hydrogen-bond acceptors (Lipinski definition) is 0. The van der Waals surface area contributed by atoms with E-state index < -0.39 is 0 Å². The predicted molar refractivity (Wildman–Crippen MR) is 127 cm³/mol. The largest absolute Gasteiger partial charge is 0.0856 e. The van der Waals surface area contributed by atoms with Gasteiger partial charge >= 0.3 is 0 Å². The van der Waals surface area contributed by atoms with E-state index in [2.05, 4.69) is 60.6 Å². The molecule has 0 bridgehead atoms. The molecule has 0 aliphatic heterocycles. The van der Waals surface area contributed by atoms with Crippen molar-refractivity contribution in [3.63, 3.8) is 0 Å². The number of fused-ring (bicyclic) bond motifs is 5. The third kappa shape index (κ3) is 3.14. The molecule has 4 rings (SSSR count). The van der Waals surface area contributed by atoms with Crippen LogP contribution in [0, 0.1) is 34.0 Å². The summed E-state index contributed by atoms with van der Waals surface area (Å²) in [5.74, 6) is 2.64. The molecular weight excluding hydrogens is 348 g/mol. The lowest BCUT2D eigenvalue weighted by atomic mass is 9.38. The zero-order valence-electron chi connectivity index (χ0n) is 20.5. The predicted octanol–water partition coefficient (Wildman–Crippen LogP) is 9.04. The Morgan fingerprint density at radius 2 is 1.72 bits per heavy atom. The van der Waals surface area contributed by atoms with Gasteiger partial charge in [0.25, 0.3) is 0 Å². The van der Waals surface area contributed by atoms with Crippen LogP contribution in [0.1, 0.15) is 113 Å². The van der Waals surface area contributed by atoms with Gasteiger partial charge in [-0.1, -0.05) is 55.2 Å². The molecule has 0 nitrogen and oxygen atoms in total. The van der Waals surface area contributed by atoms with Gasteiger partial charge in [-0.15, -0.1) is 0 Å². The van der Waals surface area contributed by atoms with Crippen LogP contribution in [0.3, 0.4) is 0 Å². The smallest absolute Gasteiger partial charge is 0.0141 e. The van der Waals surface area contributed by atoms with Gasteiger partial charge in [0.2, 0.25) is 0 Å². The lowest BCUT2D eigenvalue weighted by molar-refractivity contribution is -0.161.